The van der Waals surface area contributed by atoms with Crippen LogP contribution in [0.2, 0.25) is 0 Å². The molecule has 2 unspecified atom stereocenters. The Bertz CT molecular complexity index is 115. The van der Waals surface area contributed by atoms with E-state index in [2.05, 4.69) is 20.8 Å². The maximum Gasteiger partial charge on any atom is -0.0412 e. The predicted octanol–water partition coefficient (Wildman–Crippen LogP) is 4.25. The van der Waals surface area contributed by atoms with Gasteiger partial charge in [0.15, 0.2) is 0 Å². The molecule has 1 aliphatic rings. The Morgan fingerprint density at radius 1 is 1.08 bits per heavy atom. The van der Waals surface area contributed by atoms with Crippen molar-refractivity contribution in [2.45, 2.75) is 59.3 Å². The lowest BCUT2D eigenvalue weighted by Gasteiger charge is -2.16. The van der Waals surface area contributed by atoms with E-state index in [1.54, 1.807) is 0 Å². The largest absolute Gasteiger partial charge is 0.0628 e. The molecule has 2 atom stereocenters. The van der Waals surface area contributed by atoms with Crippen LogP contribution in [-0.4, -0.2) is 0 Å². The van der Waals surface area contributed by atoms with Crippen LogP contribution >= 0.6 is 0 Å². The summed E-state index contributed by atoms with van der Waals surface area (Å²) in [6, 6.07) is 0. The zero-order valence-electron chi connectivity index (χ0n) is 8.97. The first kappa shape index (κ1) is 10.1. The number of rotatable bonds is 2. The Balaban J connectivity index is 2.26. The van der Waals surface area contributed by atoms with E-state index in [4.69, 9.17) is 0 Å². The molecule has 0 N–H and O–H groups in total. The molecule has 0 aromatic heterocycles. The first-order valence-electron chi connectivity index (χ1n) is 5.68. The van der Waals surface area contributed by atoms with E-state index in [0.29, 0.717) is 0 Å². The van der Waals surface area contributed by atoms with Gasteiger partial charge >= 0.3 is 0 Å². The third-order valence-electron chi connectivity index (χ3n) is 3.18. The van der Waals surface area contributed by atoms with Gasteiger partial charge in [0, 0.05) is 0 Å². The summed E-state index contributed by atoms with van der Waals surface area (Å²) in [5.74, 6) is 2.96. The molecule has 0 heterocycles. The van der Waals surface area contributed by atoms with Crippen molar-refractivity contribution in [3.8, 4) is 0 Å². The molecule has 0 spiro atoms. The Labute approximate surface area is 77.7 Å². The lowest BCUT2D eigenvalue weighted by atomic mass is 9.90. The molecule has 1 aliphatic carbocycles. The van der Waals surface area contributed by atoms with Crippen molar-refractivity contribution in [3.05, 3.63) is 0 Å². The predicted molar refractivity (Wildman–Crippen MR) is 55.2 cm³/mol. The van der Waals surface area contributed by atoms with Crippen LogP contribution in [0.25, 0.3) is 0 Å². The van der Waals surface area contributed by atoms with Crippen LogP contribution in [0.5, 0.6) is 0 Å². The van der Waals surface area contributed by atoms with Gasteiger partial charge in [-0.15, -0.1) is 0 Å². The van der Waals surface area contributed by atoms with Crippen molar-refractivity contribution in [3.63, 3.8) is 0 Å². The molecule has 0 heteroatoms. The second kappa shape index (κ2) is 4.89. The van der Waals surface area contributed by atoms with Gasteiger partial charge in [-0.3, -0.25) is 0 Å². The number of hydrogen-bond donors (Lipinski definition) is 0. The van der Waals surface area contributed by atoms with Crippen LogP contribution in [0.15, 0.2) is 0 Å². The lowest BCUT2D eigenvalue weighted by molar-refractivity contribution is 0.365. The van der Waals surface area contributed by atoms with Gasteiger partial charge in [-0.2, -0.15) is 0 Å². The normalized spacial score (nSPS) is 32.0. The average Bonchev–Trinajstić information content (AvgIpc) is 2.15. The molecule has 0 aliphatic heterocycles. The second-order valence-corrected chi connectivity index (χ2v) is 5.11. The third kappa shape index (κ3) is 3.60. The van der Waals surface area contributed by atoms with Gasteiger partial charge in [-0.25, -0.2) is 0 Å². The maximum atomic E-state index is 2.41. The summed E-state index contributed by atoms with van der Waals surface area (Å²) in [7, 11) is 0. The molecule has 0 nitrogen and oxygen atoms in total. The Morgan fingerprint density at radius 2 is 1.83 bits per heavy atom. The molecular weight excluding hydrogens is 144 g/mol. The smallest absolute Gasteiger partial charge is 0.0412 e. The Kier molecular flexibility index (Phi) is 4.11. The van der Waals surface area contributed by atoms with Gasteiger partial charge in [0.25, 0.3) is 0 Å². The minimum absolute atomic E-state index is 0.906. The summed E-state index contributed by atoms with van der Waals surface area (Å²) in [5.41, 5.74) is 0. The molecule has 1 fully saturated rings. The molecule has 0 radical (unpaired) electrons. The van der Waals surface area contributed by atoms with E-state index in [1.807, 2.05) is 0 Å². The van der Waals surface area contributed by atoms with E-state index in [0.717, 1.165) is 17.8 Å². The second-order valence-electron chi connectivity index (χ2n) is 5.11. The van der Waals surface area contributed by atoms with Crippen LogP contribution in [-0.2, 0) is 0 Å². The fourth-order valence-electron chi connectivity index (χ4n) is 2.47. The van der Waals surface area contributed by atoms with Crippen LogP contribution in [0, 0.1) is 17.8 Å². The summed E-state index contributed by atoms with van der Waals surface area (Å²) < 4.78 is 0. The fourth-order valence-corrected chi connectivity index (χ4v) is 2.47. The average molecular weight is 168 g/mol. The molecule has 0 aromatic carbocycles. The molecule has 0 aromatic rings. The zero-order valence-corrected chi connectivity index (χ0v) is 8.97. The quantitative estimate of drug-likeness (QED) is 0.541. The van der Waals surface area contributed by atoms with Crippen molar-refractivity contribution in [2.24, 2.45) is 17.8 Å². The van der Waals surface area contributed by atoms with Crippen LogP contribution < -0.4 is 0 Å². The van der Waals surface area contributed by atoms with Crippen LogP contribution in [0.4, 0.5) is 0 Å². The highest BCUT2D eigenvalue weighted by Gasteiger charge is 2.16. The van der Waals surface area contributed by atoms with E-state index in [-0.39, 0.29) is 0 Å². The van der Waals surface area contributed by atoms with Gasteiger partial charge in [0.1, 0.15) is 0 Å². The van der Waals surface area contributed by atoms with Gasteiger partial charge in [-0.05, 0) is 24.2 Å². The van der Waals surface area contributed by atoms with Crippen molar-refractivity contribution < 1.29 is 0 Å². The van der Waals surface area contributed by atoms with Gasteiger partial charge in [-0.1, -0.05) is 52.9 Å². The van der Waals surface area contributed by atoms with E-state index >= 15 is 0 Å². The lowest BCUT2D eigenvalue weighted by Crippen LogP contribution is -2.03. The highest BCUT2D eigenvalue weighted by molar-refractivity contribution is 4.69. The first-order chi connectivity index (χ1) is 5.68. The third-order valence-corrected chi connectivity index (χ3v) is 3.18. The summed E-state index contributed by atoms with van der Waals surface area (Å²) in [6.45, 7) is 7.13. The minimum atomic E-state index is 0.906. The monoisotopic (exact) mass is 168 g/mol. The van der Waals surface area contributed by atoms with Crippen molar-refractivity contribution in [1.29, 1.82) is 0 Å². The standard InChI is InChI=1S/C12H24/c1-10(2)9-12-6-4-5-11(3)7-8-12/h10-12H,4-9H2,1-3H3. The Hall–Kier alpha value is 0. The van der Waals surface area contributed by atoms with Crippen LogP contribution in [0.1, 0.15) is 59.3 Å². The first-order valence-corrected chi connectivity index (χ1v) is 5.68. The van der Waals surface area contributed by atoms with E-state index in [9.17, 15) is 0 Å². The van der Waals surface area contributed by atoms with Crippen molar-refractivity contribution in [2.75, 3.05) is 0 Å². The summed E-state index contributed by atoms with van der Waals surface area (Å²) in [5, 5.41) is 0. The highest BCUT2D eigenvalue weighted by Crippen LogP contribution is 2.30. The molecule has 72 valence electrons. The summed E-state index contributed by atoms with van der Waals surface area (Å²) in [4.78, 5) is 0. The summed E-state index contributed by atoms with van der Waals surface area (Å²) >= 11 is 0. The molecule has 0 amide bonds. The molecule has 1 rings (SSSR count). The molecule has 0 bridgehead atoms. The topological polar surface area (TPSA) is 0 Å². The summed E-state index contributed by atoms with van der Waals surface area (Å²) in [6.07, 6.45) is 8.92. The van der Waals surface area contributed by atoms with E-state index < -0.39 is 0 Å². The van der Waals surface area contributed by atoms with Gasteiger partial charge in [0.2, 0.25) is 0 Å². The van der Waals surface area contributed by atoms with E-state index in [1.165, 1.54) is 38.5 Å². The molecule has 1 saturated carbocycles. The highest BCUT2D eigenvalue weighted by atomic mass is 14.2. The SMILES string of the molecule is CC(C)CC1CCCC(C)CC1. The molecule has 12 heavy (non-hydrogen) atoms. The zero-order chi connectivity index (χ0) is 8.97. The van der Waals surface area contributed by atoms with Gasteiger partial charge < -0.3 is 0 Å². The number of hydrogen-bond acceptors (Lipinski definition) is 0. The van der Waals surface area contributed by atoms with Crippen LogP contribution in [0.3, 0.4) is 0 Å². The fraction of sp³-hybridized carbons (Fsp3) is 1.00. The van der Waals surface area contributed by atoms with Gasteiger partial charge in [0.05, 0.1) is 0 Å². The maximum absolute atomic E-state index is 2.41. The molecule has 0 saturated heterocycles. The minimum Gasteiger partial charge on any atom is -0.0628 e. The van der Waals surface area contributed by atoms with Crippen molar-refractivity contribution in [1.82, 2.24) is 0 Å². The Morgan fingerprint density at radius 3 is 2.50 bits per heavy atom. The van der Waals surface area contributed by atoms with Crippen molar-refractivity contribution >= 4 is 0 Å². The molecular formula is C12H24.